The second kappa shape index (κ2) is 13.9. The van der Waals surface area contributed by atoms with Crippen LogP contribution in [0.2, 0.25) is 0 Å². The summed E-state index contributed by atoms with van der Waals surface area (Å²) in [6.07, 6.45) is -2.06. The molecule has 0 bridgehead atoms. The molecule has 0 saturated carbocycles. The number of amides is 1. The number of hydrogen-bond donors (Lipinski definition) is 1. The molecule has 1 saturated heterocycles. The van der Waals surface area contributed by atoms with Crippen LogP contribution in [0, 0.1) is 0 Å². The SMILES string of the molecule is COCO[C@H]1C(=O)N[C@H](COCc2ccccc2)[C@@H](OCc2ccccc2)[C@@H]1OCc1ccccc1. The predicted molar refractivity (Wildman–Crippen MR) is 135 cm³/mol. The van der Waals surface area contributed by atoms with Crippen molar-refractivity contribution in [2.45, 2.75) is 44.2 Å². The lowest BCUT2D eigenvalue weighted by atomic mass is 9.94. The molecule has 1 aliphatic rings. The minimum absolute atomic E-state index is 0.0378. The van der Waals surface area contributed by atoms with Crippen LogP contribution < -0.4 is 5.32 Å². The smallest absolute Gasteiger partial charge is 0.252 e. The van der Waals surface area contributed by atoms with E-state index < -0.39 is 24.4 Å². The van der Waals surface area contributed by atoms with Crippen LogP contribution in [0.5, 0.6) is 0 Å². The maximum Gasteiger partial charge on any atom is 0.252 e. The van der Waals surface area contributed by atoms with Gasteiger partial charge in [0.05, 0.1) is 32.5 Å². The highest BCUT2D eigenvalue weighted by molar-refractivity contribution is 5.83. The fraction of sp³-hybridized carbons (Fsp3) is 0.345. The summed E-state index contributed by atoms with van der Waals surface area (Å²) in [6, 6.07) is 29.2. The second-order valence-electron chi connectivity index (χ2n) is 8.63. The van der Waals surface area contributed by atoms with E-state index in [1.165, 1.54) is 7.11 Å². The third-order valence-corrected chi connectivity index (χ3v) is 5.95. The third kappa shape index (κ3) is 7.46. The van der Waals surface area contributed by atoms with Crippen LogP contribution >= 0.6 is 0 Å². The van der Waals surface area contributed by atoms with E-state index in [4.69, 9.17) is 23.7 Å². The van der Waals surface area contributed by atoms with E-state index in [0.717, 1.165) is 16.7 Å². The average Bonchev–Trinajstić information content (AvgIpc) is 2.92. The normalized spacial score (nSPS) is 21.8. The molecule has 0 unspecified atom stereocenters. The molecule has 0 aliphatic carbocycles. The Kier molecular flexibility index (Phi) is 10.0. The highest BCUT2D eigenvalue weighted by Crippen LogP contribution is 2.24. The van der Waals surface area contributed by atoms with Gasteiger partial charge in [-0.25, -0.2) is 0 Å². The first kappa shape index (κ1) is 26.0. The Balaban J connectivity index is 1.52. The lowest BCUT2D eigenvalue weighted by Gasteiger charge is -2.42. The molecule has 1 fully saturated rings. The first-order valence-corrected chi connectivity index (χ1v) is 12.1. The second-order valence-corrected chi connectivity index (χ2v) is 8.63. The lowest BCUT2D eigenvalue weighted by molar-refractivity contribution is -0.203. The fourth-order valence-electron chi connectivity index (χ4n) is 4.15. The monoisotopic (exact) mass is 491 g/mol. The fourth-order valence-corrected chi connectivity index (χ4v) is 4.15. The Morgan fingerprint density at radius 1 is 0.667 bits per heavy atom. The third-order valence-electron chi connectivity index (χ3n) is 5.95. The van der Waals surface area contributed by atoms with Gasteiger partial charge in [-0.15, -0.1) is 0 Å². The summed E-state index contributed by atoms with van der Waals surface area (Å²) in [5, 5.41) is 3.03. The van der Waals surface area contributed by atoms with Gasteiger partial charge in [0, 0.05) is 7.11 Å². The Morgan fingerprint density at radius 2 is 1.17 bits per heavy atom. The molecule has 0 radical (unpaired) electrons. The minimum atomic E-state index is -0.889. The Labute approximate surface area is 212 Å². The van der Waals surface area contributed by atoms with Crippen LogP contribution in [-0.4, -0.2) is 50.8 Å². The van der Waals surface area contributed by atoms with Gasteiger partial charge in [0.25, 0.3) is 5.91 Å². The molecule has 4 rings (SSSR count). The van der Waals surface area contributed by atoms with Gasteiger partial charge in [-0.1, -0.05) is 91.0 Å². The van der Waals surface area contributed by atoms with Crippen LogP contribution in [0.1, 0.15) is 16.7 Å². The molecule has 4 atom stereocenters. The van der Waals surface area contributed by atoms with Crippen molar-refractivity contribution in [3.8, 4) is 0 Å². The van der Waals surface area contributed by atoms with Crippen molar-refractivity contribution < 1.29 is 28.5 Å². The molecule has 0 spiro atoms. The molecular formula is C29H33NO6. The average molecular weight is 492 g/mol. The van der Waals surface area contributed by atoms with E-state index in [1.54, 1.807) is 0 Å². The summed E-state index contributed by atoms with van der Waals surface area (Å²) in [4.78, 5) is 13.1. The van der Waals surface area contributed by atoms with E-state index >= 15 is 0 Å². The van der Waals surface area contributed by atoms with Crippen molar-refractivity contribution in [2.24, 2.45) is 0 Å². The lowest BCUT2D eigenvalue weighted by Crippen LogP contribution is -2.66. The first-order chi connectivity index (χ1) is 17.7. The first-order valence-electron chi connectivity index (χ1n) is 12.1. The van der Waals surface area contributed by atoms with Crippen molar-refractivity contribution in [1.82, 2.24) is 5.32 Å². The largest absolute Gasteiger partial charge is 0.375 e. The molecule has 36 heavy (non-hydrogen) atoms. The molecule has 1 amide bonds. The zero-order chi connectivity index (χ0) is 25.0. The summed E-state index contributed by atoms with van der Waals surface area (Å²) in [5.41, 5.74) is 3.07. The minimum Gasteiger partial charge on any atom is -0.375 e. The predicted octanol–water partition coefficient (Wildman–Crippen LogP) is 3.86. The number of carbonyl (C=O) groups excluding carboxylic acids is 1. The van der Waals surface area contributed by atoms with Gasteiger partial charge < -0.3 is 29.0 Å². The summed E-state index contributed by atoms with van der Waals surface area (Å²) in [5.74, 6) is -0.280. The standard InChI is InChI=1S/C29H33NO6/c1-32-21-36-28-27(35-19-24-15-9-4-10-16-24)26(34-18-23-13-7-3-8-14-23)25(30-29(28)31)20-33-17-22-11-5-2-6-12-22/h2-16,25-28H,17-21H2,1H3,(H,30,31)/t25-,26-,27+,28-/m1/s1. The zero-order valence-corrected chi connectivity index (χ0v) is 20.5. The molecule has 3 aromatic rings. The van der Waals surface area contributed by atoms with Crippen molar-refractivity contribution in [2.75, 3.05) is 20.5 Å². The number of methoxy groups -OCH3 is 1. The maximum atomic E-state index is 13.1. The molecule has 1 N–H and O–H groups in total. The van der Waals surface area contributed by atoms with E-state index in [1.807, 2.05) is 91.0 Å². The summed E-state index contributed by atoms with van der Waals surface area (Å²) >= 11 is 0. The van der Waals surface area contributed by atoms with E-state index in [9.17, 15) is 4.79 Å². The van der Waals surface area contributed by atoms with E-state index in [-0.39, 0.29) is 19.3 Å². The van der Waals surface area contributed by atoms with Gasteiger partial charge in [0.2, 0.25) is 0 Å². The van der Waals surface area contributed by atoms with Crippen LogP contribution in [0.15, 0.2) is 91.0 Å². The zero-order valence-electron chi connectivity index (χ0n) is 20.5. The van der Waals surface area contributed by atoms with E-state index in [0.29, 0.717) is 19.8 Å². The molecule has 7 heteroatoms. The number of ether oxygens (including phenoxy) is 5. The summed E-state index contributed by atoms with van der Waals surface area (Å²) in [7, 11) is 1.52. The number of rotatable bonds is 13. The Hall–Kier alpha value is -3.07. The topological polar surface area (TPSA) is 75.3 Å². The van der Waals surface area contributed by atoms with Crippen LogP contribution in [0.4, 0.5) is 0 Å². The van der Waals surface area contributed by atoms with Gasteiger partial charge in [-0.2, -0.15) is 0 Å². The molecule has 1 aliphatic heterocycles. The highest BCUT2D eigenvalue weighted by atomic mass is 16.7. The van der Waals surface area contributed by atoms with Gasteiger partial charge in [0.15, 0.2) is 6.10 Å². The number of piperidine rings is 1. The number of carbonyl (C=O) groups is 1. The molecule has 3 aromatic carbocycles. The van der Waals surface area contributed by atoms with Gasteiger partial charge in [-0.05, 0) is 16.7 Å². The number of hydrogen-bond acceptors (Lipinski definition) is 6. The van der Waals surface area contributed by atoms with Crippen LogP contribution in [0.3, 0.4) is 0 Å². The van der Waals surface area contributed by atoms with Crippen molar-refractivity contribution in [3.63, 3.8) is 0 Å². The Bertz CT molecular complexity index is 1030. The summed E-state index contributed by atoms with van der Waals surface area (Å²) < 4.78 is 29.6. The summed E-state index contributed by atoms with van der Waals surface area (Å²) in [6.45, 7) is 1.33. The molecule has 7 nitrogen and oxygen atoms in total. The number of benzene rings is 3. The molecular weight excluding hydrogens is 458 g/mol. The molecule has 0 aromatic heterocycles. The van der Waals surface area contributed by atoms with Crippen LogP contribution in [-0.2, 0) is 48.3 Å². The van der Waals surface area contributed by atoms with Crippen molar-refractivity contribution >= 4 is 5.91 Å². The highest BCUT2D eigenvalue weighted by Gasteiger charge is 2.46. The van der Waals surface area contributed by atoms with Gasteiger partial charge in [0.1, 0.15) is 19.0 Å². The Morgan fingerprint density at radius 3 is 1.69 bits per heavy atom. The van der Waals surface area contributed by atoms with Gasteiger partial charge in [-0.3, -0.25) is 4.79 Å². The van der Waals surface area contributed by atoms with Gasteiger partial charge >= 0.3 is 0 Å². The van der Waals surface area contributed by atoms with Crippen LogP contribution in [0.25, 0.3) is 0 Å². The van der Waals surface area contributed by atoms with Crippen molar-refractivity contribution in [1.29, 1.82) is 0 Å². The maximum absolute atomic E-state index is 13.1. The molecule has 190 valence electrons. The quantitative estimate of drug-likeness (QED) is 0.366. The molecule has 1 heterocycles. The number of nitrogens with one attached hydrogen (secondary N) is 1. The van der Waals surface area contributed by atoms with Crippen molar-refractivity contribution in [3.05, 3.63) is 108 Å². The van der Waals surface area contributed by atoms with E-state index in [2.05, 4.69) is 5.32 Å².